The molecule has 2 heteroatoms. The first-order valence-electron chi connectivity index (χ1n) is 6.36. The molecule has 0 bridgehead atoms. The maximum Gasteiger partial charge on any atom is 0.122 e. The van der Waals surface area contributed by atoms with Crippen molar-refractivity contribution in [2.24, 2.45) is 5.73 Å². The van der Waals surface area contributed by atoms with E-state index in [1.165, 1.54) is 11.1 Å². The number of hydrogen-bond donors (Lipinski definition) is 1. The number of ether oxygens (including phenoxy) is 1. The van der Waals surface area contributed by atoms with E-state index < -0.39 is 0 Å². The second-order valence-electron chi connectivity index (χ2n) is 4.75. The van der Waals surface area contributed by atoms with Crippen molar-refractivity contribution < 1.29 is 4.74 Å². The number of nitrogens with two attached hydrogens (primary N) is 1. The number of hydrogen-bond acceptors (Lipinski definition) is 2. The lowest BCUT2D eigenvalue weighted by Crippen LogP contribution is -2.32. The molecule has 1 aromatic rings. The fourth-order valence-electron chi connectivity index (χ4n) is 2.43. The summed E-state index contributed by atoms with van der Waals surface area (Å²) in [5.41, 5.74) is 8.82. The minimum Gasteiger partial charge on any atom is -0.493 e. The molecule has 1 aliphatic heterocycles. The van der Waals surface area contributed by atoms with Gasteiger partial charge in [-0.2, -0.15) is 0 Å². The molecule has 1 aliphatic rings. The smallest absolute Gasteiger partial charge is 0.122 e. The van der Waals surface area contributed by atoms with Gasteiger partial charge in [-0.3, -0.25) is 0 Å². The molecule has 0 spiro atoms. The fraction of sp³-hybridized carbons (Fsp3) is 0.467. The number of rotatable bonds is 4. The van der Waals surface area contributed by atoms with Gasteiger partial charge in [-0.1, -0.05) is 37.3 Å². The van der Waals surface area contributed by atoms with Crippen molar-refractivity contribution in [3.8, 4) is 5.75 Å². The van der Waals surface area contributed by atoms with E-state index in [0.717, 1.165) is 31.6 Å². The van der Waals surface area contributed by atoms with Gasteiger partial charge in [-0.15, -0.1) is 0 Å². The van der Waals surface area contributed by atoms with E-state index in [1.807, 2.05) is 12.1 Å². The van der Waals surface area contributed by atoms with E-state index >= 15 is 0 Å². The van der Waals surface area contributed by atoms with Crippen LogP contribution < -0.4 is 10.5 Å². The van der Waals surface area contributed by atoms with Crippen molar-refractivity contribution in [3.05, 3.63) is 42.0 Å². The van der Waals surface area contributed by atoms with Crippen LogP contribution in [0.25, 0.3) is 0 Å². The molecule has 2 N–H and O–H groups in total. The summed E-state index contributed by atoms with van der Waals surface area (Å²) in [4.78, 5) is 0. The highest BCUT2D eigenvalue weighted by Crippen LogP contribution is 2.36. The van der Waals surface area contributed by atoms with Crippen molar-refractivity contribution in [1.82, 2.24) is 0 Å². The molecule has 0 amide bonds. The first-order chi connectivity index (χ1) is 8.22. The van der Waals surface area contributed by atoms with Crippen LogP contribution in [0.4, 0.5) is 0 Å². The van der Waals surface area contributed by atoms with Gasteiger partial charge >= 0.3 is 0 Å². The van der Waals surface area contributed by atoms with Crippen LogP contribution in [0.2, 0.25) is 0 Å². The summed E-state index contributed by atoms with van der Waals surface area (Å²) < 4.78 is 5.66. The van der Waals surface area contributed by atoms with E-state index in [0.29, 0.717) is 5.92 Å². The van der Waals surface area contributed by atoms with Crippen LogP contribution in [0.5, 0.6) is 5.75 Å². The molecule has 1 heterocycles. The highest BCUT2D eigenvalue weighted by Gasteiger charge is 2.26. The molecule has 2 nitrogen and oxygen atoms in total. The average molecular weight is 231 g/mol. The van der Waals surface area contributed by atoms with Gasteiger partial charge in [0, 0.05) is 12.0 Å². The molecule has 17 heavy (non-hydrogen) atoms. The van der Waals surface area contributed by atoms with Crippen molar-refractivity contribution in [3.63, 3.8) is 0 Å². The van der Waals surface area contributed by atoms with Crippen LogP contribution in [-0.2, 0) is 0 Å². The van der Waals surface area contributed by atoms with Crippen LogP contribution in [0.15, 0.2) is 36.4 Å². The molecule has 0 aromatic heterocycles. The van der Waals surface area contributed by atoms with Crippen LogP contribution >= 0.6 is 0 Å². The van der Waals surface area contributed by atoms with Crippen molar-refractivity contribution in [2.45, 2.75) is 38.1 Å². The SMILES string of the molecule is C=C(CC)CC(N)C1CCOc2ccccc21. The van der Waals surface area contributed by atoms with Gasteiger partial charge in [0.05, 0.1) is 6.61 Å². The van der Waals surface area contributed by atoms with E-state index in [1.54, 1.807) is 0 Å². The summed E-state index contributed by atoms with van der Waals surface area (Å²) in [6.07, 6.45) is 2.93. The second kappa shape index (κ2) is 5.37. The molecular weight excluding hydrogens is 210 g/mol. The minimum absolute atomic E-state index is 0.160. The molecule has 1 aromatic carbocycles. The zero-order valence-corrected chi connectivity index (χ0v) is 10.5. The summed E-state index contributed by atoms with van der Waals surface area (Å²) in [7, 11) is 0. The standard InChI is InChI=1S/C15H21NO/c1-3-11(2)10-14(16)12-8-9-17-15-7-5-4-6-13(12)15/h4-7,12,14H,2-3,8-10,16H2,1H3. The largest absolute Gasteiger partial charge is 0.493 e. The topological polar surface area (TPSA) is 35.2 Å². The molecule has 0 radical (unpaired) electrons. The maximum absolute atomic E-state index is 6.32. The quantitative estimate of drug-likeness (QED) is 0.807. The van der Waals surface area contributed by atoms with Crippen molar-refractivity contribution >= 4 is 0 Å². The number of para-hydroxylation sites is 1. The first kappa shape index (κ1) is 12.2. The Morgan fingerprint density at radius 1 is 1.53 bits per heavy atom. The predicted molar refractivity (Wildman–Crippen MR) is 71.3 cm³/mol. The van der Waals surface area contributed by atoms with E-state index in [9.17, 15) is 0 Å². The van der Waals surface area contributed by atoms with Crippen LogP contribution in [-0.4, -0.2) is 12.6 Å². The Kier molecular flexibility index (Phi) is 3.85. The van der Waals surface area contributed by atoms with Gasteiger partial charge in [0.1, 0.15) is 5.75 Å². The Hall–Kier alpha value is -1.28. The molecule has 0 fully saturated rings. The highest BCUT2D eigenvalue weighted by molar-refractivity contribution is 5.38. The van der Waals surface area contributed by atoms with Gasteiger partial charge in [-0.05, 0) is 30.9 Å². The van der Waals surface area contributed by atoms with Gasteiger partial charge in [0.15, 0.2) is 0 Å². The molecule has 0 aliphatic carbocycles. The zero-order valence-electron chi connectivity index (χ0n) is 10.5. The molecule has 0 saturated carbocycles. The molecular formula is C15H21NO. The summed E-state index contributed by atoms with van der Waals surface area (Å²) in [5, 5.41) is 0. The van der Waals surface area contributed by atoms with Gasteiger partial charge in [0.2, 0.25) is 0 Å². The lowest BCUT2D eigenvalue weighted by atomic mass is 9.84. The van der Waals surface area contributed by atoms with E-state index in [-0.39, 0.29) is 6.04 Å². The molecule has 92 valence electrons. The third-order valence-electron chi connectivity index (χ3n) is 3.55. The summed E-state index contributed by atoms with van der Waals surface area (Å²) in [6, 6.07) is 8.39. The van der Waals surface area contributed by atoms with Crippen molar-refractivity contribution in [2.75, 3.05) is 6.61 Å². The number of benzene rings is 1. The minimum atomic E-state index is 0.160. The van der Waals surface area contributed by atoms with E-state index in [2.05, 4.69) is 25.6 Å². The molecule has 2 unspecified atom stereocenters. The van der Waals surface area contributed by atoms with Gasteiger partial charge < -0.3 is 10.5 Å². The van der Waals surface area contributed by atoms with Crippen LogP contribution in [0, 0.1) is 0 Å². The summed E-state index contributed by atoms with van der Waals surface area (Å²) in [5.74, 6) is 1.41. The maximum atomic E-state index is 6.32. The molecule has 0 saturated heterocycles. The average Bonchev–Trinajstić information content (AvgIpc) is 2.37. The Labute approximate surface area is 103 Å². The Bertz CT molecular complexity index is 400. The highest BCUT2D eigenvalue weighted by atomic mass is 16.5. The van der Waals surface area contributed by atoms with Crippen LogP contribution in [0.3, 0.4) is 0 Å². The third-order valence-corrected chi connectivity index (χ3v) is 3.55. The van der Waals surface area contributed by atoms with Crippen LogP contribution in [0.1, 0.15) is 37.7 Å². The summed E-state index contributed by atoms with van der Waals surface area (Å²) >= 11 is 0. The normalized spacial score (nSPS) is 20.2. The Morgan fingerprint density at radius 2 is 2.29 bits per heavy atom. The molecule has 2 atom stereocenters. The fourth-order valence-corrected chi connectivity index (χ4v) is 2.43. The first-order valence-corrected chi connectivity index (χ1v) is 6.36. The third kappa shape index (κ3) is 2.70. The lowest BCUT2D eigenvalue weighted by Gasteiger charge is -2.30. The predicted octanol–water partition coefficient (Wildman–Crippen LogP) is 3.24. The van der Waals surface area contributed by atoms with E-state index in [4.69, 9.17) is 10.5 Å². The Balaban J connectivity index is 2.15. The molecule has 2 rings (SSSR count). The van der Waals surface area contributed by atoms with Crippen molar-refractivity contribution in [1.29, 1.82) is 0 Å². The number of fused-ring (bicyclic) bond motifs is 1. The van der Waals surface area contributed by atoms with Gasteiger partial charge in [0.25, 0.3) is 0 Å². The lowest BCUT2D eigenvalue weighted by molar-refractivity contribution is 0.254. The zero-order chi connectivity index (χ0) is 12.3. The Morgan fingerprint density at radius 3 is 3.06 bits per heavy atom. The summed E-state index contributed by atoms with van der Waals surface area (Å²) in [6.45, 7) is 6.96. The monoisotopic (exact) mass is 231 g/mol. The van der Waals surface area contributed by atoms with Gasteiger partial charge in [-0.25, -0.2) is 0 Å². The second-order valence-corrected chi connectivity index (χ2v) is 4.75.